The van der Waals surface area contributed by atoms with Crippen LogP contribution in [-0.4, -0.2) is 17.8 Å². The van der Waals surface area contributed by atoms with Gasteiger partial charge in [-0.05, 0) is 36.2 Å². The zero-order valence-electron chi connectivity index (χ0n) is 13.1. The van der Waals surface area contributed by atoms with Gasteiger partial charge >= 0.3 is 0 Å². The molecule has 2 aromatic rings. The molecule has 0 heterocycles. The molecule has 0 saturated carbocycles. The Morgan fingerprint density at radius 3 is 2.78 bits per heavy atom. The van der Waals surface area contributed by atoms with Gasteiger partial charge in [0.05, 0.1) is 11.6 Å². The molecular formula is C18H21ClFNO2. The maximum absolute atomic E-state index is 13.0. The molecule has 124 valence electrons. The van der Waals surface area contributed by atoms with Gasteiger partial charge in [-0.1, -0.05) is 36.7 Å². The fraction of sp³-hybridized carbons (Fsp3) is 0.333. The van der Waals surface area contributed by atoms with Gasteiger partial charge in [0.1, 0.15) is 18.2 Å². The van der Waals surface area contributed by atoms with Crippen LogP contribution >= 0.6 is 11.6 Å². The van der Waals surface area contributed by atoms with Crippen molar-refractivity contribution >= 4 is 11.6 Å². The molecule has 0 radical (unpaired) electrons. The Morgan fingerprint density at radius 2 is 2.09 bits per heavy atom. The molecule has 1 unspecified atom stereocenters. The maximum atomic E-state index is 13.0. The Morgan fingerprint density at radius 1 is 1.26 bits per heavy atom. The highest BCUT2D eigenvalue weighted by Gasteiger charge is 2.06. The number of aliphatic hydroxyl groups is 1. The van der Waals surface area contributed by atoms with Gasteiger partial charge in [0.25, 0.3) is 0 Å². The lowest BCUT2D eigenvalue weighted by atomic mass is 10.2. The van der Waals surface area contributed by atoms with Gasteiger partial charge in [0.2, 0.25) is 0 Å². The van der Waals surface area contributed by atoms with Crippen molar-refractivity contribution in [1.29, 1.82) is 0 Å². The molecule has 0 aliphatic rings. The smallest absolute Gasteiger partial charge is 0.124 e. The minimum absolute atomic E-state index is 0.0950. The highest BCUT2D eigenvalue weighted by atomic mass is 35.5. The minimum atomic E-state index is -0.360. The second-order valence-electron chi connectivity index (χ2n) is 5.34. The van der Waals surface area contributed by atoms with E-state index in [1.165, 1.54) is 12.1 Å². The minimum Gasteiger partial charge on any atom is -0.489 e. The van der Waals surface area contributed by atoms with E-state index < -0.39 is 0 Å². The van der Waals surface area contributed by atoms with Crippen molar-refractivity contribution in [2.24, 2.45) is 0 Å². The normalized spacial score (nSPS) is 12.2. The summed E-state index contributed by atoms with van der Waals surface area (Å²) >= 11 is 5.99. The van der Waals surface area contributed by atoms with Crippen LogP contribution in [0.2, 0.25) is 5.02 Å². The van der Waals surface area contributed by atoms with Crippen LogP contribution in [0.25, 0.3) is 0 Å². The summed E-state index contributed by atoms with van der Waals surface area (Å²) in [6, 6.07) is 12.1. The second-order valence-corrected chi connectivity index (χ2v) is 5.75. The van der Waals surface area contributed by atoms with Crippen LogP contribution in [0.5, 0.6) is 5.75 Å². The molecule has 0 aliphatic heterocycles. The van der Waals surface area contributed by atoms with Crippen LogP contribution in [0.1, 0.15) is 24.5 Å². The summed E-state index contributed by atoms with van der Waals surface area (Å²) < 4.78 is 18.8. The fourth-order valence-electron chi connectivity index (χ4n) is 2.15. The van der Waals surface area contributed by atoms with E-state index in [4.69, 9.17) is 16.3 Å². The highest BCUT2D eigenvalue weighted by Crippen LogP contribution is 2.20. The van der Waals surface area contributed by atoms with Gasteiger partial charge < -0.3 is 15.2 Å². The summed E-state index contributed by atoms with van der Waals surface area (Å²) in [6.45, 7) is 3.09. The lowest BCUT2D eigenvalue weighted by Gasteiger charge is -2.14. The highest BCUT2D eigenvalue weighted by molar-refractivity contribution is 6.31. The summed E-state index contributed by atoms with van der Waals surface area (Å²) in [5.74, 6) is 0.364. The predicted octanol–water partition coefficient (Wildman–Crippen LogP) is 3.92. The molecule has 0 aliphatic carbocycles. The van der Waals surface area contributed by atoms with E-state index in [1.54, 1.807) is 6.07 Å². The number of benzene rings is 2. The van der Waals surface area contributed by atoms with Gasteiger partial charge in [-0.3, -0.25) is 0 Å². The first-order valence-electron chi connectivity index (χ1n) is 7.62. The summed E-state index contributed by atoms with van der Waals surface area (Å²) in [5, 5.41) is 12.8. The summed E-state index contributed by atoms with van der Waals surface area (Å²) in [7, 11) is 0. The van der Waals surface area contributed by atoms with Crippen molar-refractivity contribution in [3.8, 4) is 5.75 Å². The number of ether oxygens (including phenoxy) is 1. The van der Waals surface area contributed by atoms with Crippen LogP contribution in [-0.2, 0) is 13.2 Å². The first-order chi connectivity index (χ1) is 11.1. The standard InChI is InChI=1S/C18H21ClFNO2/c1-2-16(11-22)21-10-13-4-3-5-17(8-13)23-12-14-6-7-15(20)9-18(14)19/h3-9,16,21-22H,2,10-12H2,1H3. The van der Waals surface area contributed by atoms with Crippen molar-refractivity contribution in [1.82, 2.24) is 5.32 Å². The van der Waals surface area contributed by atoms with Crippen molar-refractivity contribution < 1.29 is 14.2 Å². The lowest BCUT2D eigenvalue weighted by Crippen LogP contribution is -2.31. The van der Waals surface area contributed by atoms with Gasteiger partial charge in [0, 0.05) is 18.2 Å². The molecule has 0 spiro atoms. The third-order valence-corrected chi connectivity index (χ3v) is 3.97. The SMILES string of the molecule is CCC(CO)NCc1cccc(OCc2ccc(F)cc2Cl)c1. The third-order valence-electron chi connectivity index (χ3n) is 3.62. The van der Waals surface area contributed by atoms with Crippen molar-refractivity contribution in [2.75, 3.05) is 6.61 Å². The van der Waals surface area contributed by atoms with Crippen LogP contribution in [0.4, 0.5) is 4.39 Å². The molecule has 0 fully saturated rings. The third kappa shape index (κ3) is 5.50. The van der Waals surface area contributed by atoms with Crippen molar-refractivity contribution in [2.45, 2.75) is 32.5 Å². The Hall–Kier alpha value is -1.62. The van der Waals surface area contributed by atoms with E-state index in [0.29, 0.717) is 11.6 Å². The molecule has 2 rings (SSSR count). The van der Waals surface area contributed by atoms with Crippen LogP contribution in [0, 0.1) is 5.82 Å². The first-order valence-corrected chi connectivity index (χ1v) is 8.00. The average molecular weight is 338 g/mol. The molecule has 2 aromatic carbocycles. The summed E-state index contributed by atoms with van der Waals surface area (Å²) in [6.07, 6.45) is 0.871. The first kappa shape index (κ1) is 17.7. The van der Waals surface area contributed by atoms with Crippen molar-refractivity contribution in [3.05, 3.63) is 64.4 Å². The fourth-order valence-corrected chi connectivity index (χ4v) is 2.37. The monoisotopic (exact) mass is 337 g/mol. The van der Waals surface area contributed by atoms with Crippen molar-refractivity contribution in [3.63, 3.8) is 0 Å². The summed E-state index contributed by atoms with van der Waals surface area (Å²) in [5.41, 5.74) is 1.81. The number of hydrogen-bond acceptors (Lipinski definition) is 3. The van der Waals surface area contributed by atoms with Gasteiger partial charge in [-0.2, -0.15) is 0 Å². The molecule has 23 heavy (non-hydrogen) atoms. The van der Waals surface area contributed by atoms with Crippen LogP contribution in [0.3, 0.4) is 0 Å². The number of halogens is 2. The Labute approximate surface area is 141 Å². The second kappa shape index (κ2) is 8.87. The molecule has 5 heteroatoms. The van der Waals surface area contributed by atoms with Crippen LogP contribution in [0.15, 0.2) is 42.5 Å². The maximum Gasteiger partial charge on any atom is 0.124 e. The zero-order valence-corrected chi connectivity index (χ0v) is 13.8. The Balaban J connectivity index is 1.94. The van der Waals surface area contributed by atoms with E-state index in [9.17, 15) is 9.50 Å². The molecule has 0 aromatic heterocycles. The Bertz CT molecular complexity index is 632. The predicted molar refractivity (Wildman–Crippen MR) is 90.2 cm³/mol. The number of hydrogen-bond donors (Lipinski definition) is 2. The molecule has 0 saturated heterocycles. The molecular weight excluding hydrogens is 317 g/mol. The molecule has 0 amide bonds. The van der Waals surface area contributed by atoms with Gasteiger partial charge in [-0.25, -0.2) is 4.39 Å². The molecule has 3 nitrogen and oxygen atoms in total. The molecule has 2 N–H and O–H groups in total. The van der Waals surface area contributed by atoms with Crippen LogP contribution < -0.4 is 10.1 Å². The zero-order chi connectivity index (χ0) is 16.7. The molecule has 0 bridgehead atoms. The van der Waals surface area contributed by atoms with E-state index in [1.807, 2.05) is 31.2 Å². The lowest BCUT2D eigenvalue weighted by molar-refractivity contribution is 0.238. The van der Waals surface area contributed by atoms with Gasteiger partial charge in [0.15, 0.2) is 0 Å². The van der Waals surface area contributed by atoms with Gasteiger partial charge in [-0.15, -0.1) is 0 Å². The van der Waals surface area contributed by atoms with E-state index >= 15 is 0 Å². The van der Waals surface area contributed by atoms with E-state index in [2.05, 4.69) is 5.32 Å². The largest absolute Gasteiger partial charge is 0.489 e. The number of aliphatic hydroxyl groups excluding tert-OH is 1. The quantitative estimate of drug-likeness (QED) is 0.767. The summed E-state index contributed by atoms with van der Waals surface area (Å²) in [4.78, 5) is 0. The number of nitrogens with one attached hydrogen (secondary N) is 1. The topological polar surface area (TPSA) is 41.5 Å². The van der Waals surface area contributed by atoms with E-state index in [0.717, 1.165) is 23.3 Å². The Kier molecular flexibility index (Phi) is 6.84. The average Bonchev–Trinajstić information content (AvgIpc) is 2.55. The molecule has 1 atom stereocenters. The number of rotatable bonds is 8. The van der Waals surface area contributed by atoms with E-state index in [-0.39, 0.29) is 25.1 Å².